The largest absolute Gasteiger partial charge is 0.353 e. The molecule has 0 radical (unpaired) electrons. The van der Waals surface area contributed by atoms with E-state index in [4.69, 9.17) is 0 Å². The smallest absolute Gasteiger partial charge is 0.151 e. The number of nitrogens with zero attached hydrogens (tertiary/aromatic N) is 5. The van der Waals surface area contributed by atoms with Crippen molar-refractivity contribution < 1.29 is 0 Å². The van der Waals surface area contributed by atoms with Gasteiger partial charge < -0.3 is 9.80 Å². The van der Waals surface area contributed by atoms with E-state index >= 15 is 0 Å². The average molecular weight is 289 g/mol. The molecule has 1 aromatic rings. The number of rotatable bonds is 3. The monoisotopic (exact) mass is 289 g/mol. The number of piperidine rings is 1. The molecular formula is C16H27N5. The normalized spacial score (nSPS) is 22.7. The van der Waals surface area contributed by atoms with Crippen LogP contribution in [0.5, 0.6) is 0 Å². The first-order valence-corrected chi connectivity index (χ1v) is 8.17. The zero-order chi connectivity index (χ0) is 14.7. The summed E-state index contributed by atoms with van der Waals surface area (Å²) in [6.07, 6.45) is 2.72. The molecule has 2 aliphatic rings. The van der Waals surface area contributed by atoms with Gasteiger partial charge in [0.1, 0.15) is 0 Å². The predicted molar refractivity (Wildman–Crippen MR) is 85.6 cm³/mol. The van der Waals surface area contributed by atoms with Crippen LogP contribution in [-0.2, 0) is 0 Å². The fraction of sp³-hybridized carbons (Fsp3) is 0.750. The zero-order valence-electron chi connectivity index (χ0n) is 13.3. The Balaban J connectivity index is 1.45. The summed E-state index contributed by atoms with van der Waals surface area (Å²) in [5.74, 6) is 1.92. The Morgan fingerprint density at radius 2 is 1.71 bits per heavy atom. The molecular weight excluding hydrogens is 262 g/mol. The molecule has 0 spiro atoms. The van der Waals surface area contributed by atoms with E-state index in [-0.39, 0.29) is 0 Å². The van der Waals surface area contributed by atoms with E-state index in [1.807, 2.05) is 13.0 Å². The molecule has 3 heterocycles. The Labute approximate surface area is 127 Å². The van der Waals surface area contributed by atoms with Gasteiger partial charge in [0.05, 0.1) is 5.69 Å². The van der Waals surface area contributed by atoms with Gasteiger partial charge in [-0.3, -0.25) is 4.90 Å². The molecule has 0 atom stereocenters. The molecule has 116 valence electrons. The number of anilines is 1. The third-order valence-corrected chi connectivity index (χ3v) is 4.83. The summed E-state index contributed by atoms with van der Waals surface area (Å²) in [6, 6.07) is 4.14. The Bertz CT molecular complexity index is 430. The van der Waals surface area contributed by atoms with E-state index in [1.165, 1.54) is 32.5 Å². The molecule has 21 heavy (non-hydrogen) atoms. The van der Waals surface area contributed by atoms with Crippen LogP contribution >= 0.6 is 0 Å². The summed E-state index contributed by atoms with van der Waals surface area (Å²) < 4.78 is 0. The third kappa shape index (κ3) is 3.92. The Morgan fingerprint density at radius 3 is 2.33 bits per heavy atom. The fourth-order valence-corrected chi connectivity index (χ4v) is 3.33. The second-order valence-electron chi connectivity index (χ2n) is 6.57. The maximum absolute atomic E-state index is 4.30. The Kier molecular flexibility index (Phi) is 4.70. The molecule has 2 fully saturated rings. The molecule has 0 unspecified atom stereocenters. The van der Waals surface area contributed by atoms with Gasteiger partial charge in [-0.2, -0.15) is 5.10 Å². The van der Waals surface area contributed by atoms with Gasteiger partial charge in [0, 0.05) is 32.7 Å². The zero-order valence-corrected chi connectivity index (χ0v) is 13.3. The molecule has 0 saturated carbocycles. The van der Waals surface area contributed by atoms with E-state index in [1.54, 1.807) is 0 Å². The van der Waals surface area contributed by atoms with E-state index in [2.05, 4.69) is 38.0 Å². The van der Waals surface area contributed by atoms with Crippen molar-refractivity contribution >= 4 is 5.82 Å². The van der Waals surface area contributed by atoms with E-state index < -0.39 is 0 Å². The first-order valence-electron chi connectivity index (χ1n) is 8.17. The third-order valence-electron chi connectivity index (χ3n) is 4.83. The molecule has 1 aromatic heterocycles. The number of likely N-dealkylation sites (tertiary alicyclic amines) is 1. The highest BCUT2D eigenvalue weighted by molar-refractivity contribution is 5.37. The number of aryl methyl sites for hydroxylation is 1. The lowest BCUT2D eigenvalue weighted by Crippen LogP contribution is -2.49. The fourth-order valence-electron chi connectivity index (χ4n) is 3.33. The molecule has 0 N–H and O–H groups in total. The van der Waals surface area contributed by atoms with E-state index in [0.717, 1.165) is 43.6 Å². The van der Waals surface area contributed by atoms with Gasteiger partial charge in [0.2, 0.25) is 0 Å². The molecule has 5 nitrogen and oxygen atoms in total. The van der Waals surface area contributed by atoms with Crippen LogP contribution < -0.4 is 4.90 Å². The molecule has 0 bridgehead atoms. The van der Waals surface area contributed by atoms with Gasteiger partial charge in [0.15, 0.2) is 5.82 Å². The lowest BCUT2D eigenvalue weighted by molar-refractivity contribution is 0.155. The van der Waals surface area contributed by atoms with Gasteiger partial charge in [0.25, 0.3) is 0 Å². The first kappa shape index (κ1) is 14.7. The van der Waals surface area contributed by atoms with Gasteiger partial charge in [-0.15, -0.1) is 5.10 Å². The van der Waals surface area contributed by atoms with E-state index in [0.29, 0.717) is 0 Å². The van der Waals surface area contributed by atoms with Crippen LogP contribution in [-0.4, -0.2) is 72.9 Å². The van der Waals surface area contributed by atoms with Crippen molar-refractivity contribution in [1.82, 2.24) is 20.0 Å². The highest BCUT2D eigenvalue weighted by atomic mass is 15.3. The molecule has 0 amide bonds. The SMILES string of the molecule is Cc1ccc(N2CCN(CC3CCN(C)CC3)CC2)nn1. The molecule has 0 aliphatic carbocycles. The van der Waals surface area contributed by atoms with Crippen molar-refractivity contribution in [3.05, 3.63) is 17.8 Å². The van der Waals surface area contributed by atoms with Crippen molar-refractivity contribution in [2.75, 3.05) is 57.8 Å². The number of piperazine rings is 1. The second-order valence-corrected chi connectivity index (χ2v) is 6.57. The highest BCUT2D eigenvalue weighted by Gasteiger charge is 2.23. The molecule has 2 saturated heterocycles. The minimum Gasteiger partial charge on any atom is -0.353 e. The van der Waals surface area contributed by atoms with Crippen LogP contribution in [0.4, 0.5) is 5.82 Å². The summed E-state index contributed by atoms with van der Waals surface area (Å²) in [5.41, 5.74) is 0.986. The molecule has 0 aromatic carbocycles. The van der Waals surface area contributed by atoms with Crippen LogP contribution in [0.25, 0.3) is 0 Å². The lowest BCUT2D eigenvalue weighted by atomic mass is 9.96. The lowest BCUT2D eigenvalue weighted by Gasteiger charge is -2.38. The second kappa shape index (κ2) is 6.71. The van der Waals surface area contributed by atoms with Crippen LogP contribution in [0.1, 0.15) is 18.5 Å². The molecule has 3 rings (SSSR count). The summed E-state index contributed by atoms with van der Waals surface area (Å²) in [4.78, 5) is 7.44. The van der Waals surface area contributed by atoms with Crippen LogP contribution in [0.2, 0.25) is 0 Å². The summed E-state index contributed by atoms with van der Waals surface area (Å²) in [5, 5.41) is 8.47. The maximum atomic E-state index is 4.30. The maximum Gasteiger partial charge on any atom is 0.151 e. The predicted octanol–water partition coefficient (Wildman–Crippen LogP) is 1.25. The average Bonchev–Trinajstić information content (AvgIpc) is 2.51. The highest BCUT2D eigenvalue weighted by Crippen LogP contribution is 2.19. The summed E-state index contributed by atoms with van der Waals surface area (Å²) in [7, 11) is 2.23. The Hall–Kier alpha value is -1.20. The summed E-state index contributed by atoms with van der Waals surface area (Å²) in [6.45, 7) is 10.3. The molecule has 2 aliphatic heterocycles. The minimum atomic E-state index is 0.895. The van der Waals surface area contributed by atoms with Crippen molar-refractivity contribution in [3.8, 4) is 0 Å². The number of hydrogen-bond donors (Lipinski definition) is 0. The summed E-state index contributed by atoms with van der Waals surface area (Å²) >= 11 is 0. The van der Waals surface area contributed by atoms with Gasteiger partial charge in [-0.05, 0) is 58.0 Å². The van der Waals surface area contributed by atoms with Crippen molar-refractivity contribution in [2.24, 2.45) is 5.92 Å². The van der Waals surface area contributed by atoms with Gasteiger partial charge in [-0.1, -0.05) is 0 Å². The Morgan fingerprint density at radius 1 is 1.00 bits per heavy atom. The quantitative estimate of drug-likeness (QED) is 0.837. The topological polar surface area (TPSA) is 35.5 Å². The van der Waals surface area contributed by atoms with Crippen LogP contribution in [0.3, 0.4) is 0 Å². The first-order chi connectivity index (χ1) is 10.2. The number of aromatic nitrogens is 2. The minimum absolute atomic E-state index is 0.895. The van der Waals surface area contributed by atoms with Crippen molar-refractivity contribution in [2.45, 2.75) is 19.8 Å². The van der Waals surface area contributed by atoms with E-state index in [9.17, 15) is 0 Å². The van der Waals surface area contributed by atoms with Crippen molar-refractivity contribution in [3.63, 3.8) is 0 Å². The van der Waals surface area contributed by atoms with Crippen molar-refractivity contribution in [1.29, 1.82) is 0 Å². The van der Waals surface area contributed by atoms with Gasteiger partial charge in [-0.25, -0.2) is 0 Å². The molecule has 5 heteroatoms. The standard InChI is InChI=1S/C16H27N5/c1-14-3-4-16(18-17-14)21-11-9-20(10-12-21)13-15-5-7-19(2)8-6-15/h3-4,15H,5-13H2,1-2H3. The van der Waals surface area contributed by atoms with Crippen LogP contribution in [0, 0.1) is 12.8 Å². The van der Waals surface area contributed by atoms with Crippen LogP contribution in [0.15, 0.2) is 12.1 Å². The number of hydrogen-bond acceptors (Lipinski definition) is 5. The van der Waals surface area contributed by atoms with Gasteiger partial charge >= 0.3 is 0 Å².